The fourth-order valence-electron chi connectivity index (χ4n) is 3.15. The number of furan rings is 1. The molecule has 0 fully saturated rings. The highest BCUT2D eigenvalue weighted by Gasteiger charge is 2.21. The van der Waals surface area contributed by atoms with E-state index in [0.29, 0.717) is 16.7 Å². The summed E-state index contributed by atoms with van der Waals surface area (Å²) in [5.41, 5.74) is 3.20. The molecule has 24 heavy (non-hydrogen) atoms. The molecule has 0 spiro atoms. The van der Waals surface area contributed by atoms with E-state index in [2.05, 4.69) is 17.0 Å². The van der Waals surface area contributed by atoms with Crippen LogP contribution in [-0.4, -0.2) is 30.1 Å². The summed E-state index contributed by atoms with van der Waals surface area (Å²) in [6.45, 7) is 1.69. The average molecular weight is 323 g/mol. The van der Waals surface area contributed by atoms with Crippen LogP contribution in [0.4, 0.5) is 0 Å². The third kappa shape index (κ3) is 3.05. The highest BCUT2D eigenvalue weighted by molar-refractivity contribution is 6.03. The number of fused-ring (bicyclic) bond motifs is 1. The molecule has 0 aliphatic rings. The molecule has 4 nitrogen and oxygen atoms in total. The van der Waals surface area contributed by atoms with Gasteiger partial charge in [0.2, 0.25) is 0 Å². The SMILES string of the molecule is Cc1oc2ccc(C(Cc3ccccc3)N(C)C)cc2c1C(=O)O. The Morgan fingerprint density at radius 1 is 1.17 bits per heavy atom. The zero-order valence-electron chi connectivity index (χ0n) is 14.1. The molecular weight excluding hydrogens is 302 g/mol. The number of carboxylic acid groups (broad SMARTS) is 1. The Bertz CT molecular complexity index is 865. The minimum Gasteiger partial charge on any atom is -0.478 e. The van der Waals surface area contributed by atoms with Crippen molar-refractivity contribution in [3.8, 4) is 0 Å². The lowest BCUT2D eigenvalue weighted by Gasteiger charge is -2.25. The third-order valence-electron chi connectivity index (χ3n) is 4.38. The third-order valence-corrected chi connectivity index (χ3v) is 4.38. The van der Waals surface area contributed by atoms with Gasteiger partial charge in [-0.3, -0.25) is 0 Å². The van der Waals surface area contributed by atoms with Gasteiger partial charge in [0.15, 0.2) is 0 Å². The van der Waals surface area contributed by atoms with Crippen molar-refractivity contribution >= 4 is 16.9 Å². The maximum Gasteiger partial charge on any atom is 0.339 e. The summed E-state index contributed by atoms with van der Waals surface area (Å²) >= 11 is 0. The van der Waals surface area contributed by atoms with E-state index in [9.17, 15) is 9.90 Å². The number of hydrogen-bond donors (Lipinski definition) is 1. The highest BCUT2D eigenvalue weighted by Crippen LogP contribution is 2.31. The molecule has 2 aromatic carbocycles. The summed E-state index contributed by atoms with van der Waals surface area (Å²) in [4.78, 5) is 13.7. The number of nitrogens with zero attached hydrogens (tertiary/aromatic N) is 1. The fourth-order valence-corrected chi connectivity index (χ4v) is 3.15. The Labute approximate surface area is 141 Å². The topological polar surface area (TPSA) is 53.7 Å². The molecule has 0 amide bonds. The van der Waals surface area contributed by atoms with Gasteiger partial charge in [0, 0.05) is 11.4 Å². The van der Waals surface area contributed by atoms with E-state index in [1.165, 1.54) is 5.56 Å². The first-order chi connectivity index (χ1) is 11.5. The van der Waals surface area contributed by atoms with Crippen molar-refractivity contribution in [3.05, 3.63) is 71.0 Å². The molecule has 4 heteroatoms. The maximum absolute atomic E-state index is 11.5. The molecule has 0 aliphatic carbocycles. The molecule has 0 saturated heterocycles. The van der Waals surface area contributed by atoms with Gasteiger partial charge in [-0.05, 0) is 50.7 Å². The Morgan fingerprint density at radius 2 is 1.88 bits per heavy atom. The standard InChI is InChI=1S/C20H21NO3/c1-13-19(20(22)23)16-12-15(9-10-18(16)24-13)17(21(2)3)11-14-7-5-4-6-8-14/h4-10,12,17H,11H2,1-3H3,(H,22,23). The van der Waals surface area contributed by atoms with Crippen LogP contribution in [0, 0.1) is 6.92 Å². The lowest BCUT2D eigenvalue weighted by Crippen LogP contribution is -2.22. The van der Waals surface area contributed by atoms with Gasteiger partial charge in [0.05, 0.1) is 0 Å². The smallest absolute Gasteiger partial charge is 0.339 e. The van der Waals surface area contributed by atoms with E-state index in [-0.39, 0.29) is 11.6 Å². The van der Waals surface area contributed by atoms with Crippen molar-refractivity contribution in [3.63, 3.8) is 0 Å². The lowest BCUT2D eigenvalue weighted by atomic mass is 9.96. The van der Waals surface area contributed by atoms with Crippen molar-refractivity contribution in [1.29, 1.82) is 0 Å². The predicted molar refractivity (Wildman–Crippen MR) is 94.5 cm³/mol. The largest absolute Gasteiger partial charge is 0.478 e. The predicted octanol–water partition coefficient (Wildman–Crippen LogP) is 4.28. The molecule has 1 atom stereocenters. The first-order valence-electron chi connectivity index (χ1n) is 7.94. The molecule has 0 bridgehead atoms. The minimum absolute atomic E-state index is 0.161. The number of rotatable bonds is 5. The van der Waals surface area contributed by atoms with E-state index in [1.807, 2.05) is 50.5 Å². The zero-order valence-corrected chi connectivity index (χ0v) is 14.1. The van der Waals surface area contributed by atoms with Crippen molar-refractivity contribution in [2.45, 2.75) is 19.4 Å². The van der Waals surface area contributed by atoms with Gasteiger partial charge in [-0.1, -0.05) is 36.4 Å². The highest BCUT2D eigenvalue weighted by atomic mass is 16.4. The van der Waals surface area contributed by atoms with E-state index in [0.717, 1.165) is 12.0 Å². The summed E-state index contributed by atoms with van der Waals surface area (Å²) in [5, 5.41) is 10.1. The molecule has 3 aromatic rings. The number of benzene rings is 2. The summed E-state index contributed by atoms with van der Waals surface area (Å²) in [6, 6.07) is 16.3. The van der Waals surface area contributed by atoms with Crippen LogP contribution in [0.15, 0.2) is 52.9 Å². The molecule has 1 aromatic heterocycles. The number of carbonyl (C=O) groups is 1. The van der Waals surface area contributed by atoms with Crippen LogP contribution in [0.5, 0.6) is 0 Å². The normalized spacial score (nSPS) is 12.7. The number of carboxylic acids is 1. The van der Waals surface area contributed by atoms with Gasteiger partial charge in [0.25, 0.3) is 0 Å². The fraction of sp³-hybridized carbons (Fsp3) is 0.250. The average Bonchev–Trinajstić information content (AvgIpc) is 2.88. The monoisotopic (exact) mass is 323 g/mol. The van der Waals surface area contributed by atoms with Gasteiger partial charge >= 0.3 is 5.97 Å². The Balaban J connectivity index is 2.05. The Hall–Kier alpha value is -2.59. The molecule has 1 N–H and O–H groups in total. The molecule has 124 valence electrons. The van der Waals surface area contributed by atoms with Gasteiger partial charge < -0.3 is 14.4 Å². The second-order valence-corrected chi connectivity index (χ2v) is 6.26. The van der Waals surface area contributed by atoms with Gasteiger partial charge in [0.1, 0.15) is 16.9 Å². The zero-order chi connectivity index (χ0) is 17.3. The number of aromatic carboxylic acids is 1. The maximum atomic E-state index is 11.5. The van der Waals surface area contributed by atoms with E-state index in [1.54, 1.807) is 6.92 Å². The molecule has 3 rings (SSSR count). The summed E-state index contributed by atoms with van der Waals surface area (Å²) in [5.74, 6) is -0.507. The molecule has 0 aliphatic heterocycles. The van der Waals surface area contributed by atoms with E-state index >= 15 is 0 Å². The molecule has 0 radical (unpaired) electrons. The van der Waals surface area contributed by atoms with Crippen LogP contribution in [-0.2, 0) is 6.42 Å². The first kappa shape index (κ1) is 16.3. The van der Waals surface area contributed by atoms with Crippen molar-refractivity contribution in [2.24, 2.45) is 0 Å². The van der Waals surface area contributed by atoms with E-state index in [4.69, 9.17) is 4.42 Å². The second-order valence-electron chi connectivity index (χ2n) is 6.26. The van der Waals surface area contributed by atoms with Crippen LogP contribution in [0.1, 0.15) is 33.3 Å². The van der Waals surface area contributed by atoms with Gasteiger partial charge in [-0.25, -0.2) is 4.79 Å². The second kappa shape index (κ2) is 6.49. The Kier molecular flexibility index (Phi) is 4.40. The molecule has 1 unspecified atom stereocenters. The lowest BCUT2D eigenvalue weighted by molar-refractivity contribution is 0.0697. The van der Waals surface area contributed by atoms with Crippen LogP contribution in [0.2, 0.25) is 0 Å². The van der Waals surface area contributed by atoms with Gasteiger partial charge in [-0.2, -0.15) is 0 Å². The molecule has 0 saturated carbocycles. The summed E-state index contributed by atoms with van der Waals surface area (Å²) < 4.78 is 5.58. The Morgan fingerprint density at radius 3 is 2.50 bits per heavy atom. The quantitative estimate of drug-likeness (QED) is 0.761. The van der Waals surface area contributed by atoms with Crippen LogP contribution >= 0.6 is 0 Å². The van der Waals surface area contributed by atoms with Crippen LogP contribution < -0.4 is 0 Å². The van der Waals surface area contributed by atoms with Crippen molar-refractivity contribution in [2.75, 3.05) is 14.1 Å². The number of aryl methyl sites for hydroxylation is 1. The minimum atomic E-state index is -0.951. The van der Waals surface area contributed by atoms with E-state index < -0.39 is 5.97 Å². The summed E-state index contributed by atoms with van der Waals surface area (Å²) in [6.07, 6.45) is 0.860. The van der Waals surface area contributed by atoms with Crippen molar-refractivity contribution < 1.29 is 14.3 Å². The van der Waals surface area contributed by atoms with Gasteiger partial charge in [-0.15, -0.1) is 0 Å². The molecular formula is C20H21NO3. The molecule has 1 heterocycles. The van der Waals surface area contributed by atoms with Crippen LogP contribution in [0.25, 0.3) is 11.0 Å². The number of hydrogen-bond acceptors (Lipinski definition) is 3. The number of likely N-dealkylation sites (N-methyl/N-ethyl adjacent to an activating group) is 1. The van der Waals surface area contributed by atoms with Crippen LogP contribution in [0.3, 0.4) is 0 Å². The summed E-state index contributed by atoms with van der Waals surface area (Å²) in [7, 11) is 4.08. The van der Waals surface area contributed by atoms with Crippen molar-refractivity contribution in [1.82, 2.24) is 4.90 Å². The first-order valence-corrected chi connectivity index (χ1v) is 7.94.